The number of nitrogens with one attached hydrogen (secondary N) is 2. The molecule has 0 saturated carbocycles. The molecule has 0 aliphatic carbocycles. The summed E-state index contributed by atoms with van der Waals surface area (Å²) in [5, 5.41) is 7.25. The molecule has 0 fully saturated rings. The van der Waals surface area contributed by atoms with Gasteiger partial charge in [0.25, 0.3) is 0 Å². The number of amides is 2. The number of halogens is 2. The fourth-order valence-corrected chi connectivity index (χ4v) is 3.37. The normalized spacial score (nSPS) is 11.0. The fourth-order valence-electron chi connectivity index (χ4n) is 2.63. The van der Waals surface area contributed by atoms with Gasteiger partial charge in [0.1, 0.15) is 0 Å². The van der Waals surface area contributed by atoms with E-state index in [4.69, 9.17) is 21.1 Å². The van der Waals surface area contributed by atoms with E-state index in [1.54, 1.807) is 18.2 Å². The molecule has 172 valence electrons. The molecule has 2 amide bonds. The predicted octanol–water partition coefficient (Wildman–Crippen LogP) is 5.47. The summed E-state index contributed by atoms with van der Waals surface area (Å²) < 4.78 is 12.2. The van der Waals surface area contributed by atoms with Crippen LogP contribution in [0.25, 0.3) is 0 Å². The summed E-state index contributed by atoms with van der Waals surface area (Å²) in [6, 6.07) is 8.84. The van der Waals surface area contributed by atoms with Crippen LogP contribution in [-0.4, -0.2) is 30.7 Å². The second-order valence-electron chi connectivity index (χ2n) is 7.23. The first-order valence-electron chi connectivity index (χ1n) is 10.2. The number of ether oxygens (including phenoxy) is 2. The average Bonchev–Trinajstić information content (AvgIpc) is 2.72. The zero-order valence-electron chi connectivity index (χ0n) is 18.5. The van der Waals surface area contributed by atoms with Gasteiger partial charge in [0, 0.05) is 23.6 Å². The SMILES string of the molecule is CCOc1cc(C=NNC(=O)CCC(=O)Nc2ccc(C)c(Cl)c2)cc(Br)c1OC(C)C. The van der Waals surface area contributed by atoms with Crippen LogP contribution in [0.15, 0.2) is 39.9 Å². The molecule has 0 saturated heterocycles. The number of nitrogens with zero attached hydrogens (tertiary/aromatic N) is 1. The highest BCUT2D eigenvalue weighted by molar-refractivity contribution is 9.10. The van der Waals surface area contributed by atoms with Crippen LogP contribution in [0.1, 0.15) is 44.7 Å². The third kappa shape index (κ3) is 8.16. The van der Waals surface area contributed by atoms with E-state index in [0.29, 0.717) is 34.4 Å². The van der Waals surface area contributed by atoms with Gasteiger partial charge in [-0.25, -0.2) is 5.43 Å². The first-order valence-corrected chi connectivity index (χ1v) is 11.4. The highest BCUT2D eigenvalue weighted by Gasteiger charge is 2.13. The van der Waals surface area contributed by atoms with Crippen LogP contribution in [0.4, 0.5) is 5.69 Å². The van der Waals surface area contributed by atoms with E-state index in [0.717, 1.165) is 10.0 Å². The van der Waals surface area contributed by atoms with Crippen molar-refractivity contribution in [2.24, 2.45) is 5.10 Å². The monoisotopic (exact) mass is 523 g/mol. The number of hydrazone groups is 1. The van der Waals surface area contributed by atoms with E-state index >= 15 is 0 Å². The smallest absolute Gasteiger partial charge is 0.240 e. The van der Waals surface area contributed by atoms with Crippen molar-refractivity contribution in [3.05, 3.63) is 51.0 Å². The lowest BCUT2D eigenvalue weighted by atomic mass is 10.2. The molecule has 0 atom stereocenters. The average molecular weight is 525 g/mol. The summed E-state index contributed by atoms with van der Waals surface area (Å²) >= 11 is 9.54. The molecule has 0 aliphatic rings. The van der Waals surface area contributed by atoms with Gasteiger partial charge in [-0.15, -0.1) is 0 Å². The Hall–Kier alpha value is -2.58. The number of carbonyl (C=O) groups is 2. The number of hydrogen-bond acceptors (Lipinski definition) is 5. The molecule has 0 heterocycles. The van der Waals surface area contributed by atoms with E-state index in [-0.39, 0.29) is 30.8 Å². The molecule has 2 aromatic rings. The van der Waals surface area contributed by atoms with Crippen molar-refractivity contribution in [3.63, 3.8) is 0 Å². The van der Waals surface area contributed by atoms with Crippen molar-refractivity contribution < 1.29 is 19.1 Å². The van der Waals surface area contributed by atoms with Crippen molar-refractivity contribution in [2.45, 2.75) is 46.6 Å². The highest BCUT2D eigenvalue weighted by atomic mass is 79.9. The van der Waals surface area contributed by atoms with Gasteiger partial charge in [-0.1, -0.05) is 17.7 Å². The van der Waals surface area contributed by atoms with E-state index in [9.17, 15) is 9.59 Å². The minimum Gasteiger partial charge on any atom is -0.490 e. The topological polar surface area (TPSA) is 89.0 Å². The highest BCUT2D eigenvalue weighted by Crippen LogP contribution is 2.37. The molecule has 9 heteroatoms. The van der Waals surface area contributed by atoms with Crippen LogP contribution in [-0.2, 0) is 9.59 Å². The lowest BCUT2D eigenvalue weighted by Gasteiger charge is -2.16. The first kappa shape index (κ1) is 25.7. The van der Waals surface area contributed by atoms with Crippen LogP contribution in [0.5, 0.6) is 11.5 Å². The third-order valence-corrected chi connectivity index (χ3v) is 5.12. The number of rotatable bonds is 10. The van der Waals surface area contributed by atoms with Gasteiger partial charge in [-0.05, 0) is 79.0 Å². The summed E-state index contributed by atoms with van der Waals surface area (Å²) in [5.74, 6) is 0.539. The Morgan fingerprint density at radius 1 is 1.19 bits per heavy atom. The van der Waals surface area contributed by atoms with Gasteiger partial charge in [-0.3, -0.25) is 9.59 Å². The quantitative estimate of drug-likeness (QED) is 0.319. The standard InChI is InChI=1S/C23H27BrClN3O4/c1-5-31-20-11-16(10-18(24)23(20)32-14(2)3)13-26-28-22(30)9-8-21(29)27-17-7-6-15(4)19(25)12-17/h6-7,10-14H,5,8-9H2,1-4H3,(H,27,29)(H,28,30). The van der Waals surface area contributed by atoms with Crippen molar-refractivity contribution in [1.29, 1.82) is 0 Å². The Morgan fingerprint density at radius 3 is 2.56 bits per heavy atom. The van der Waals surface area contributed by atoms with Gasteiger partial charge in [0.15, 0.2) is 11.5 Å². The van der Waals surface area contributed by atoms with Crippen molar-refractivity contribution in [2.75, 3.05) is 11.9 Å². The summed E-state index contributed by atoms with van der Waals surface area (Å²) in [6.07, 6.45) is 1.51. The van der Waals surface area contributed by atoms with E-state index in [1.807, 2.05) is 39.8 Å². The molecule has 7 nitrogen and oxygen atoms in total. The van der Waals surface area contributed by atoms with E-state index in [1.165, 1.54) is 6.21 Å². The van der Waals surface area contributed by atoms with Gasteiger partial charge < -0.3 is 14.8 Å². The summed E-state index contributed by atoms with van der Waals surface area (Å²) in [5.41, 5.74) is 4.65. The third-order valence-electron chi connectivity index (χ3n) is 4.12. The maximum absolute atomic E-state index is 12.0. The summed E-state index contributed by atoms with van der Waals surface area (Å²) in [4.78, 5) is 24.1. The molecule has 0 bridgehead atoms. The van der Waals surface area contributed by atoms with E-state index < -0.39 is 0 Å². The van der Waals surface area contributed by atoms with Gasteiger partial charge in [-0.2, -0.15) is 5.10 Å². The molecule has 2 aromatic carbocycles. The predicted molar refractivity (Wildman–Crippen MR) is 131 cm³/mol. The Labute approximate surface area is 201 Å². The van der Waals surface area contributed by atoms with Crippen LogP contribution in [0.3, 0.4) is 0 Å². The van der Waals surface area contributed by atoms with E-state index in [2.05, 4.69) is 31.8 Å². The number of benzene rings is 2. The van der Waals surface area contributed by atoms with Crippen LogP contribution < -0.4 is 20.2 Å². The van der Waals surface area contributed by atoms with Crippen molar-refractivity contribution >= 4 is 51.2 Å². The second kappa shape index (κ2) is 12.5. The Kier molecular flexibility index (Phi) is 9.99. The number of carbonyl (C=O) groups excluding carboxylic acids is 2. The molecule has 2 rings (SSSR count). The second-order valence-corrected chi connectivity index (χ2v) is 8.50. The minimum atomic E-state index is -0.373. The molecule has 32 heavy (non-hydrogen) atoms. The molecule has 2 N–H and O–H groups in total. The van der Waals surface area contributed by atoms with Crippen LogP contribution >= 0.6 is 27.5 Å². The molecule has 0 aromatic heterocycles. The summed E-state index contributed by atoms with van der Waals surface area (Å²) in [7, 11) is 0. The van der Waals surface area contributed by atoms with Gasteiger partial charge in [0.2, 0.25) is 11.8 Å². The van der Waals surface area contributed by atoms with Crippen LogP contribution in [0.2, 0.25) is 5.02 Å². The zero-order valence-corrected chi connectivity index (χ0v) is 20.8. The van der Waals surface area contributed by atoms with Gasteiger partial charge >= 0.3 is 0 Å². The Bertz CT molecular complexity index is 995. The maximum Gasteiger partial charge on any atom is 0.240 e. The lowest BCUT2D eigenvalue weighted by Crippen LogP contribution is -2.20. The molecular weight excluding hydrogens is 498 g/mol. The van der Waals surface area contributed by atoms with Crippen molar-refractivity contribution in [1.82, 2.24) is 5.43 Å². The molecule has 0 spiro atoms. The largest absolute Gasteiger partial charge is 0.490 e. The molecule has 0 aliphatic heterocycles. The number of hydrogen-bond donors (Lipinski definition) is 2. The molecular formula is C23H27BrClN3O4. The molecule has 0 unspecified atom stereocenters. The summed E-state index contributed by atoms with van der Waals surface area (Å²) in [6.45, 7) is 8.11. The number of anilines is 1. The van der Waals surface area contributed by atoms with Gasteiger partial charge in [0.05, 0.1) is 23.4 Å². The Morgan fingerprint density at radius 2 is 1.91 bits per heavy atom. The van der Waals surface area contributed by atoms with Crippen molar-refractivity contribution in [3.8, 4) is 11.5 Å². The maximum atomic E-state index is 12.0. The minimum absolute atomic E-state index is 0.00216. The first-order chi connectivity index (χ1) is 15.2. The zero-order chi connectivity index (χ0) is 23.7. The number of aryl methyl sites for hydroxylation is 1. The molecule has 0 radical (unpaired) electrons. The van der Waals surface area contributed by atoms with Crippen LogP contribution in [0, 0.1) is 6.92 Å². The Balaban J connectivity index is 1.89. The lowest BCUT2D eigenvalue weighted by molar-refractivity contribution is -0.124. The fraction of sp³-hybridized carbons (Fsp3) is 0.348.